The fourth-order valence-corrected chi connectivity index (χ4v) is 3.75. The molecule has 2 amide bonds. The topological polar surface area (TPSA) is 62.3 Å². The molecule has 0 aliphatic carbocycles. The monoisotopic (exact) mass is 395 g/mol. The molecule has 25 heavy (non-hydrogen) atoms. The second-order valence-electron chi connectivity index (χ2n) is 5.48. The average molecular weight is 396 g/mol. The van der Waals surface area contributed by atoms with Crippen LogP contribution in [0.5, 0.6) is 0 Å². The maximum Gasteiger partial charge on any atom is 0.248 e. The van der Waals surface area contributed by atoms with Crippen molar-refractivity contribution >= 4 is 57.6 Å². The Morgan fingerprint density at radius 3 is 2.76 bits per heavy atom. The van der Waals surface area contributed by atoms with Crippen LogP contribution in [-0.2, 0) is 9.59 Å². The van der Waals surface area contributed by atoms with Crippen LogP contribution in [0.1, 0.15) is 18.4 Å². The molecule has 2 aromatic rings. The molecule has 3 rings (SSSR count). The number of anilines is 1. The number of halogens is 2. The van der Waals surface area contributed by atoms with E-state index in [0.717, 1.165) is 6.42 Å². The summed E-state index contributed by atoms with van der Waals surface area (Å²) in [7, 11) is 0. The van der Waals surface area contributed by atoms with E-state index in [4.69, 9.17) is 23.2 Å². The minimum Gasteiger partial charge on any atom is -0.327 e. The van der Waals surface area contributed by atoms with Crippen LogP contribution in [0.15, 0.2) is 35.9 Å². The van der Waals surface area contributed by atoms with Crippen LogP contribution in [0, 0.1) is 0 Å². The summed E-state index contributed by atoms with van der Waals surface area (Å²) in [6.45, 7) is 0.537. The highest BCUT2D eigenvalue weighted by atomic mass is 35.5. The van der Waals surface area contributed by atoms with Gasteiger partial charge in [0.05, 0.1) is 0 Å². The highest BCUT2D eigenvalue weighted by Gasteiger charge is 2.33. The third-order valence-corrected chi connectivity index (χ3v) is 5.24. The lowest BCUT2D eigenvalue weighted by molar-refractivity contribution is -0.132. The van der Waals surface area contributed by atoms with Gasteiger partial charge in [-0.1, -0.05) is 29.3 Å². The number of hydrogen-bond donors (Lipinski definition) is 1. The first-order chi connectivity index (χ1) is 12.1. The molecule has 1 saturated heterocycles. The van der Waals surface area contributed by atoms with Crippen molar-refractivity contribution < 1.29 is 9.59 Å². The molecule has 0 radical (unpaired) electrons. The summed E-state index contributed by atoms with van der Waals surface area (Å²) in [5.41, 5.74) is 0.585. The molecule has 1 aliphatic rings. The van der Waals surface area contributed by atoms with Crippen LogP contribution >= 0.6 is 34.5 Å². The number of thiazole rings is 1. The minimum atomic E-state index is -0.497. The number of nitrogens with zero attached hydrogens (tertiary/aromatic N) is 2. The summed E-state index contributed by atoms with van der Waals surface area (Å²) in [6.07, 6.45) is 6.02. The number of aromatic nitrogens is 1. The second kappa shape index (κ2) is 7.99. The van der Waals surface area contributed by atoms with Gasteiger partial charge in [0.2, 0.25) is 11.8 Å². The van der Waals surface area contributed by atoms with Crippen molar-refractivity contribution in [1.82, 2.24) is 9.88 Å². The average Bonchev–Trinajstić information content (AvgIpc) is 3.25. The van der Waals surface area contributed by atoms with Gasteiger partial charge < -0.3 is 10.2 Å². The van der Waals surface area contributed by atoms with Gasteiger partial charge in [-0.05, 0) is 31.1 Å². The summed E-state index contributed by atoms with van der Waals surface area (Å²) < 4.78 is 0. The highest BCUT2D eigenvalue weighted by Crippen LogP contribution is 2.26. The molecule has 1 atom stereocenters. The predicted molar refractivity (Wildman–Crippen MR) is 101 cm³/mol. The summed E-state index contributed by atoms with van der Waals surface area (Å²) in [5, 5.41) is 6.00. The quantitative estimate of drug-likeness (QED) is 0.792. The molecule has 2 heterocycles. The van der Waals surface area contributed by atoms with Crippen LogP contribution in [0.4, 0.5) is 5.13 Å². The van der Waals surface area contributed by atoms with E-state index in [1.165, 1.54) is 17.4 Å². The lowest BCUT2D eigenvalue weighted by Gasteiger charge is -2.22. The predicted octanol–water partition coefficient (Wildman–Crippen LogP) is 4.09. The van der Waals surface area contributed by atoms with Gasteiger partial charge in [0.15, 0.2) is 5.13 Å². The summed E-state index contributed by atoms with van der Waals surface area (Å²) in [5.74, 6) is -0.460. The number of benzene rings is 1. The van der Waals surface area contributed by atoms with E-state index in [9.17, 15) is 9.59 Å². The van der Waals surface area contributed by atoms with Gasteiger partial charge in [-0.15, -0.1) is 11.3 Å². The number of rotatable bonds is 4. The van der Waals surface area contributed by atoms with Crippen LogP contribution in [-0.4, -0.2) is 34.3 Å². The molecule has 1 unspecified atom stereocenters. The van der Waals surface area contributed by atoms with E-state index in [1.807, 2.05) is 0 Å². The largest absolute Gasteiger partial charge is 0.327 e. The smallest absolute Gasteiger partial charge is 0.248 e. The minimum absolute atomic E-state index is 0.218. The van der Waals surface area contributed by atoms with E-state index in [-0.39, 0.29) is 11.8 Å². The lowest BCUT2D eigenvalue weighted by atomic mass is 10.2. The maximum atomic E-state index is 12.5. The zero-order valence-corrected chi connectivity index (χ0v) is 15.4. The Balaban J connectivity index is 1.70. The molecular weight excluding hydrogens is 381 g/mol. The number of amides is 2. The van der Waals surface area contributed by atoms with Crippen molar-refractivity contribution in [2.75, 3.05) is 11.9 Å². The van der Waals surface area contributed by atoms with Crippen LogP contribution in [0.25, 0.3) is 6.08 Å². The Labute approximate surface area is 159 Å². The van der Waals surface area contributed by atoms with Gasteiger partial charge in [-0.3, -0.25) is 9.59 Å². The van der Waals surface area contributed by atoms with Crippen molar-refractivity contribution in [2.45, 2.75) is 18.9 Å². The van der Waals surface area contributed by atoms with Gasteiger partial charge in [0.1, 0.15) is 6.04 Å². The van der Waals surface area contributed by atoms with E-state index in [0.29, 0.717) is 33.7 Å². The third kappa shape index (κ3) is 4.21. The fourth-order valence-electron chi connectivity index (χ4n) is 2.70. The number of nitrogens with one attached hydrogen (secondary N) is 1. The Morgan fingerprint density at radius 2 is 2.08 bits per heavy atom. The zero-order chi connectivity index (χ0) is 17.8. The highest BCUT2D eigenvalue weighted by molar-refractivity contribution is 7.13. The number of carbonyl (C=O) groups excluding carboxylic acids is 2. The van der Waals surface area contributed by atoms with Crippen LogP contribution in [0.3, 0.4) is 0 Å². The molecule has 1 aliphatic heterocycles. The molecule has 0 saturated carbocycles. The maximum absolute atomic E-state index is 12.5. The molecule has 1 N–H and O–H groups in total. The molecular formula is C17H15Cl2N3O2S. The molecule has 8 heteroatoms. The van der Waals surface area contributed by atoms with Gasteiger partial charge in [0, 0.05) is 39.8 Å². The lowest BCUT2D eigenvalue weighted by Crippen LogP contribution is -2.42. The second-order valence-corrected chi connectivity index (χ2v) is 7.19. The van der Waals surface area contributed by atoms with Crippen LogP contribution < -0.4 is 5.32 Å². The Kier molecular flexibility index (Phi) is 5.73. The Morgan fingerprint density at radius 1 is 1.32 bits per heavy atom. The summed E-state index contributed by atoms with van der Waals surface area (Å²) in [4.78, 5) is 30.5. The number of hydrogen-bond acceptors (Lipinski definition) is 4. The molecule has 1 aromatic heterocycles. The van der Waals surface area contributed by atoms with Crippen molar-refractivity contribution in [2.24, 2.45) is 0 Å². The van der Waals surface area contributed by atoms with Crippen molar-refractivity contribution in [3.8, 4) is 0 Å². The first-order valence-electron chi connectivity index (χ1n) is 7.69. The fraction of sp³-hybridized carbons (Fsp3) is 0.235. The van der Waals surface area contributed by atoms with Crippen LogP contribution in [0.2, 0.25) is 10.0 Å². The standard InChI is InChI=1S/C17H15Cl2N3O2S/c18-12-3-1-4-13(19)11(12)6-7-15(23)22-9-2-5-14(22)16(24)21-17-20-8-10-25-17/h1,3-4,6-8,10,14H,2,5,9H2,(H,20,21,24). The number of likely N-dealkylation sites (tertiary alicyclic amines) is 1. The summed E-state index contributed by atoms with van der Waals surface area (Å²) >= 11 is 13.5. The van der Waals surface area contributed by atoms with Crippen molar-refractivity contribution in [1.29, 1.82) is 0 Å². The molecule has 130 valence electrons. The normalized spacial score (nSPS) is 17.2. The molecule has 0 spiro atoms. The third-order valence-electron chi connectivity index (χ3n) is 3.89. The van der Waals surface area contributed by atoms with E-state index in [2.05, 4.69) is 10.3 Å². The van der Waals surface area contributed by atoms with Gasteiger partial charge in [0.25, 0.3) is 0 Å². The molecule has 5 nitrogen and oxygen atoms in total. The SMILES string of the molecule is O=C(Nc1nccs1)C1CCCN1C(=O)C=Cc1c(Cl)cccc1Cl. The van der Waals surface area contributed by atoms with E-state index < -0.39 is 6.04 Å². The molecule has 0 bridgehead atoms. The Hall–Kier alpha value is -1.89. The van der Waals surface area contributed by atoms with E-state index >= 15 is 0 Å². The number of carbonyl (C=O) groups is 2. The Bertz CT molecular complexity index is 788. The van der Waals surface area contributed by atoms with E-state index in [1.54, 1.807) is 40.8 Å². The first kappa shape index (κ1) is 17.9. The van der Waals surface area contributed by atoms with Crippen molar-refractivity contribution in [3.05, 3.63) is 51.5 Å². The van der Waals surface area contributed by atoms with Gasteiger partial charge >= 0.3 is 0 Å². The molecule has 1 fully saturated rings. The first-order valence-corrected chi connectivity index (χ1v) is 9.33. The van der Waals surface area contributed by atoms with Gasteiger partial charge in [-0.25, -0.2) is 4.98 Å². The summed E-state index contributed by atoms with van der Waals surface area (Å²) in [6, 6.07) is 4.65. The molecule has 1 aromatic carbocycles. The van der Waals surface area contributed by atoms with Gasteiger partial charge in [-0.2, -0.15) is 0 Å². The van der Waals surface area contributed by atoms with Crippen molar-refractivity contribution in [3.63, 3.8) is 0 Å². The zero-order valence-electron chi connectivity index (χ0n) is 13.1.